The average Bonchev–Trinajstić information content (AvgIpc) is 3.40. The normalized spacial score (nSPS) is 13.8. The third kappa shape index (κ3) is 4.93. The first-order valence-electron chi connectivity index (χ1n) is 8.63. The fourth-order valence-electron chi connectivity index (χ4n) is 2.99. The highest BCUT2D eigenvalue weighted by molar-refractivity contribution is 6.35. The van der Waals surface area contributed by atoms with Gasteiger partial charge in [-0.05, 0) is 62.6 Å². The van der Waals surface area contributed by atoms with Crippen LogP contribution in [-0.4, -0.2) is 23.1 Å². The van der Waals surface area contributed by atoms with Gasteiger partial charge in [0.05, 0.1) is 10.7 Å². The molecule has 0 aliphatic heterocycles. The fraction of sp³-hybridized carbons (Fsp3) is 0.300. The molecule has 3 rings (SSSR count). The summed E-state index contributed by atoms with van der Waals surface area (Å²) in [5.41, 5.74) is 3.66. The molecular formula is C20H20Cl2N2O3. The molecule has 1 aliphatic carbocycles. The number of rotatable bonds is 6. The van der Waals surface area contributed by atoms with Crippen LogP contribution in [0.3, 0.4) is 0 Å². The third-order valence-corrected chi connectivity index (χ3v) is 4.95. The van der Waals surface area contributed by atoms with E-state index >= 15 is 0 Å². The predicted octanol–water partition coefficient (Wildman–Crippen LogP) is 4.94. The van der Waals surface area contributed by atoms with Crippen LogP contribution < -0.4 is 5.32 Å². The number of benzene rings is 1. The Labute approximate surface area is 167 Å². The van der Waals surface area contributed by atoms with Gasteiger partial charge < -0.3 is 14.6 Å². The molecule has 1 aromatic heterocycles. The SMILES string of the molecule is Cc1cc(/C=C/C(=O)OCC(=O)Nc2cc(Cl)ccc2Cl)c(C)n1C1CC1. The van der Waals surface area contributed by atoms with Crippen LogP contribution in [0.2, 0.25) is 10.0 Å². The summed E-state index contributed by atoms with van der Waals surface area (Å²) in [6.07, 6.45) is 5.45. The molecule has 2 aromatic rings. The quantitative estimate of drug-likeness (QED) is 0.545. The van der Waals surface area contributed by atoms with Crippen molar-refractivity contribution in [3.05, 3.63) is 57.3 Å². The van der Waals surface area contributed by atoms with Crippen molar-refractivity contribution >= 4 is 46.8 Å². The summed E-state index contributed by atoms with van der Waals surface area (Å²) < 4.78 is 7.28. The molecule has 1 aliphatic rings. The Balaban J connectivity index is 1.53. The number of halogens is 2. The summed E-state index contributed by atoms with van der Waals surface area (Å²) in [7, 11) is 0. The van der Waals surface area contributed by atoms with Crippen LogP contribution in [0.15, 0.2) is 30.3 Å². The zero-order valence-electron chi connectivity index (χ0n) is 15.1. The van der Waals surface area contributed by atoms with Gasteiger partial charge in [-0.3, -0.25) is 4.79 Å². The van der Waals surface area contributed by atoms with Crippen molar-refractivity contribution in [2.24, 2.45) is 0 Å². The van der Waals surface area contributed by atoms with Gasteiger partial charge in [-0.1, -0.05) is 23.2 Å². The van der Waals surface area contributed by atoms with Gasteiger partial charge in [0.25, 0.3) is 5.91 Å². The molecule has 1 amide bonds. The van der Waals surface area contributed by atoms with Crippen LogP contribution >= 0.6 is 23.2 Å². The molecule has 0 unspecified atom stereocenters. The Kier molecular flexibility index (Phi) is 5.92. The maximum Gasteiger partial charge on any atom is 0.331 e. The number of nitrogens with zero attached hydrogens (tertiary/aromatic N) is 1. The summed E-state index contributed by atoms with van der Waals surface area (Å²) in [5.74, 6) is -1.08. The lowest BCUT2D eigenvalue weighted by molar-refractivity contribution is -0.142. The van der Waals surface area contributed by atoms with E-state index in [1.54, 1.807) is 18.2 Å². The second kappa shape index (κ2) is 8.19. The lowest BCUT2D eigenvalue weighted by Crippen LogP contribution is -2.20. The number of amides is 1. The van der Waals surface area contributed by atoms with Crippen molar-refractivity contribution in [3.8, 4) is 0 Å². The summed E-state index contributed by atoms with van der Waals surface area (Å²) in [5, 5.41) is 3.35. The molecule has 1 saturated carbocycles. The summed E-state index contributed by atoms with van der Waals surface area (Å²) in [6.45, 7) is 3.69. The number of carbonyl (C=O) groups excluding carboxylic acids is 2. The molecule has 0 saturated heterocycles. The van der Waals surface area contributed by atoms with Crippen molar-refractivity contribution in [3.63, 3.8) is 0 Å². The van der Waals surface area contributed by atoms with E-state index in [1.807, 2.05) is 13.0 Å². The number of hydrogen-bond acceptors (Lipinski definition) is 3. The molecule has 1 fully saturated rings. The molecule has 0 radical (unpaired) electrons. The van der Waals surface area contributed by atoms with Gasteiger partial charge in [-0.2, -0.15) is 0 Å². The van der Waals surface area contributed by atoms with E-state index < -0.39 is 18.5 Å². The van der Waals surface area contributed by atoms with Gasteiger partial charge in [0, 0.05) is 28.5 Å². The first-order valence-corrected chi connectivity index (χ1v) is 9.39. The number of ether oxygens (including phenoxy) is 1. The zero-order valence-corrected chi connectivity index (χ0v) is 16.6. The number of nitrogens with one attached hydrogen (secondary N) is 1. The van der Waals surface area contributed by atoms with E-state index in [1.165, 1.54) is 30.7 Å². The molecule has 0 bridgehead atoms. The van der Waals surface area contributed by atoms with Gasteiger partial charge >= 0.3 is 5.97 Å². The van der Waals surface area contributed by atoms with E-state index in [4.69, 9.17) is 27.9 Å². The topological polar surface area (TPSA) is 60.3 Å². The predicted molar refractivity (Wildman–Crippen MR) is 107 cm³/mol. The first kappa shape index (κ1) is 19.5. The largest absolute Gasteiger partial charge is 0.452 e. The standard InChI is InChI=1S/C20H20Cl2N2O3/c1-12-9-14(13(2)24(12)16-5-6-16)3-8-20(26)27-11-19(25)23-18-10-15(21)4-7-17(18)22/h3-4,7-10,16H,5-6,11H2,1-2H3,(H,23,25)/b8-3+. The number of aromatic nitrogens is 1. The Hall–Kier alpha value is -2.24. The van der Waals surface area contributed by atoms with Crippen molar-refractivity contribution < 1.29 is 14.3 Å². The van der Waals surface area contributed by atoms with Crippen LogP contribution in [0.25, 0.3) is 6.08 Å². The molecule has 1 heterocycles. The molecule has 0 spiro atoms. The number of aryl methyl sites for hydroxylation is 1. The summed E-state index contributed by atoms with van der Waals surface area (Å²) >= 11 is 11.9. The highest BCUT2D eigenvalue weighted by Crippen LogP contribution is 2.38. The van der Waals surface area contributed by atoms with Crippen LogP contribution in [0, 0.1) is 13.8 Å². The third-order valence-electron chi connectivity index (χ3n) is 4.38. The lowest BCUT2D eigenvalue weighted by atomic mass is 10.2. The van der Waals surface area contributed by atoms with Gasteiger partial charge in [-0.15, -0.1) is 0 Å². The van der Waals surface area contributed by atoms with E-state index in [0.29, 0.717) is 21.8 Å². The van der Waals surface area contributed by atoms with E-state index in [9.17, 15) is 9.59 Å². The second-order valence-corrected chi connectivity index (χ2v) is 7.38. The highest BCUT2D eigenvalue weighted by Gasteiger charge is 2.26. The van der Waals surface area contributed by atoms with Crippen LogP contribution in [-0.2, 0) is 14.3 Å². The summed E-state index contributed by atoms with van der Waals surface area (Å²) in [6, 6.07) is 7.35. The van der Waals surface area contributed by atoms with E-state index in [-0.39, 0.29) is 0 Å². The van der Waals surface area contributed by atoms with Crippen molar-refractivity contribution in [2.75, 3.05) is 11.9 Å². The number of carbonyl (C=O) groups is 2. The minimum absolute atomic E-state index is 0.352. The maximum absolute atomic E-state index is 11.9. The van der Waals surface area contributed by atoms with Crippen molar-refractivity contribution in [2.45, 2.75) is 32.7 Å². The molecule has 0 atom stereocenters. The minimum Gasteiger partial charge on any atom is -0.452 e. The maximum atomic E-state index is 11.9. The monoisotopic (exact) mass is 406 g/mol. The van der Waals surface area contributed by atoms with Crippen LogP contribution in [0.1, 0.15) is 35.8 Å². The van der Waals surface area contributed by atoms with Crippen LogP contribution in [0.4, 0.5) is 5.69 Å². The smallest absolute Gasteiger partial charge is 0.331 e. The number of esters is 1. The Morgan fingerprint density at radius 3 is 2.70 bits per heavy atom. The second-order valence-electron chi connectivity index (χ2n) is 6.54. The molecule has 7 heteroatoms. The minimum atomic E-state index is -0.585. The molecular weight excluding hydrogens is 387 g/mol. The lowest BCUT2D eigenvalue weighted by Gasteiger charge is -2.07. The molecule has 5 nitrogen and oxygen atoms in total. The molecule has 1 N–H and O–H groups in total. The van der Waals surface area contributed by atoms with E-state index in [0.717, 1.165) is 11.3 Å². The fourth-order valence-corrected chi connectivity index (χ4v) is 3.33. The average molecular weight is 407 g/mol. The van der Waals surface area contributed by atoms with Crippen molar-refractivity contribution in [1.82, 2.24) is 4.57 Å². The van der Waals surface area contributed by atoms with Gasteiger partial charge in [0.1, 0.15) is 0 Å². The Morgan fingerprint density at radius 1 is 1.26 bits per heavy atom. The van der Waals surface area contributed by atoms with Crippen molar-refractivity contribution in [1.29, 1.82) is 0 Å². The molecule has 1 aromatic carbocycles. The Morgan fingerprint density at radius 2 is 2.00 bits per heavy atom. The zero-order chi connectivity index (χ0) is 19.6. The number of hydrogen-bond donors (Lipinski definition) is 1. The molecule has 27 heavy (non-hydrogen) atoms. The summed E-state index contributed by atoms with van der Waals surface area (Å²) in [4.78, 5) is 23.8. The highest BCUT2D eigenvalue weighted by atomic mass is 35.5. The van der Waals surface area contributed by atoms with Gasteiger partial charge in [-0.25, -0.2) is 4.79 Å². The van der Waals surface area contributed by atoms with Gasteiger partial charge in [0.2, 0.25) is 0 Å². The first-order chi connectivity index (χ1) is 12.8. The number of anilines is 1. The van der Waals surface area contributed by atoms with E-state index in [2.05, 4.69) is 16.8 Å². The van der Waals surface area contributed by atoms with Crippen LogP contribution in [0.5, 0.6) is 0 Å². The Bertz CT molecular complexity index is 914. The molecule has 142 valence electrons. The van der Waals surface area contributed by atoms with Gasteiger partial charge in [0.15, 0.2) is 6.61 Å².